The predicted octanol–water partition coefficient (Wildman–Crippen LogP) is 0.158. The molecule has 0 fully saturated rings. The van der Waals surface area contributed by atoms with Gasteiger partial charge in [-0.3, -0.25) is 4.79 Å². The molecular weight excluding hydrogens is 166 g/mol. The molecule has 1 aromatic carbocycles. The van der Waals surface area contributed by atoms with Crippen molar-refractivity contribution in [2.75, 3.05) is 0 Å². The van der Waals surface area contributed by atoms with E-state index in [2.05, 4.69) is 0 Å². The summed E-state index contributed by atoms with van der Waals surface area (Å²) in [6.45, 7) is 0.0339. The Morgan fingerprint density at radius 3 is 2.31 bits per heavy atom. The molecule has 0 bridgehead atoms. The van der Waals surface area contributed by atoms with Gasteiger partial charge in [-0.25, -0.2) is 0 Å². The van der Waals surface area contributed by atoms with Crippen LogP contribution >= 0.6 is 0 Å². The van der Waals surface area contributed by atoms with Crippen molar-refractivity contribution in [3.8, 4) is 0 Å². The molecule has 0 amide bonds. The lowest BCUT2D eigenvalue weighted by atomic mass is 10.1. The first-order chi connectivity index (χ1) is 6.26. The van der Waals surface area contributed by atoms with Gasteiger partial charge in [0, 0.05) is 0 Å². The number of nitrogens with two attached hydrogens (primary N) is 1. The smallest absolute Gasteiger partial charge is 0.217 e. The molecule has 0 aliphatic heterocycles. The Balaban J connectivity index is 2.63. The van der Waals surface area contributed by atoms with Crippen LogP contribution in [0.5, 0.6) is 0 Å². The van der Waals surface area contributed by atoms with Gasteiger partial charge in [0.05, 0.1) is 12.6 Å². The first-order valence-corrected chi connectivity index (χ1v) is 4.08. The molecule has 1 rings (SSSR count). The molecule has 1 unspecified atom stereocenters. The zero-order chi connectivity index (χ0) is 9.68. The van der Waals surface area contributed by atoms with Crippen molar-refractivity contribution >= 4 is 6.29 Å². The van der Waals surface area contributed by atoms with Gasteiger partial charge in [-0.15, -0.1) is 0 Å². The molecule has 0 spiro atoms. The van der Waals surface area contributed by atoms with E-state index >= 15 is 0 Å². The number of hydrogen-bond donors (Lipinski definition) is 2. The Morgan fingerprint density at radius 2 is 1.85 bits per heavy atom. The van der Waals surface area contributed by atoms with Crippen LogP contribution < -0.4 is 5.73 Å². The van der Waals surface area contributed by atoms with Crippen LogP contribution in [0.25, 0.3) is 0 Å². The van der Waals surface area contributed by atoms with Crippen molar-refractivity contribution in [2.24, 2.45) is 5.73 Å². The largest absolute Gasteiger partial charge is 0.392 e. The van der Waals surface area contributed by atoms with Crippen LogP contribution in [0.1, 0.15) is 11.1 Å². The summed E-state index contributed by atoms with van der Waals surface area (Å²) in [5.41, 5.74) is 7.24. The van der Waals surface area contributed by atoms with Crippen LogP contribution in [0.2, 0.25) is 0 Å². The molecule has 0 heterocycles. The molecule has 69 valence electrons. The van der Waals surface area contributed by atoms with Crippen LogP contribution in [0, 0.1) is 0 Å². The minimum atomic E-state index is -0.556. The summed E-state index contributed by atoms with van der Waals surface area (Å²) in [5.74, 6) is 0. The van der Waals surface area contributed by atoms with Crippen LogP contribution in [-0.2, 0) is 17.8 Å². The molecule has 0 aliphatic carbocycles. The van der Waals surface area contributed by atoms with E-state index in [1.165, 1.54) is 0 Å². The standard InChI is InChI=1S/C10H12NO2/c11-10(7-13)5-8-1-3-9(6-12)4-2-8/h1-4,10,12H,5-6,11H2. The average molecular weight is 178 g/mol. The van der Waals surface area contributed by atoms with Gasteiger partial charge >= 0.3 is 0 Å². The van der Waals surface area contributed by atoms with E-state index in [1.54, 1.807) is 6.29 Å². The zero-order valence-corrected chi connectivity index (χ0v) is 7.23. The quantitative estimate of drug-likeness (QED) is 0.690. The predicted molar refractivity (Wildman–Crippen MR) is 49.7 cm³/mol. The molecule has 3 heteroatoms. The van der Waals surface area contributed by atoms with Crippen LogP contribution in [-0.4, -0.2) is 17.4 Å². The third kappa shape index (κ3) is 2.97. The number of rotatable bonds is 4. The minimum absolute atomic E-state index is 0.0339. The highest BCUT2D eigenvalue weighted by Crippen LogP contribution is 2.05. The zero-order valence-electron chi connectivity index (χ0n) is 7.23. The number of carbonyl (C=O) groups excluding carboxylic acids is 1. The van der Waals surface area contributed by atoms with E-state index in [0.717, 1.165) is 11.1 Å². The fourth-order valence-corrected chi connectivity index (χ4v) is 1.08. The molecular formula is C10H12NO2. The van der Waals surface area contributed by atoms with E-state index < -0.39 is 6.04 Å². The van der Waals surface area contributed by atoms with Crippen molar-refractivity contribution in [1.29, 1.82) is 0 Å². The highest BCUT2D eigenvalue weighted by atomic mass is 16.3. The lowest BCUT2D eigenvalue weighted by Crippen LogP contribution is -2.23. The third-order valence-corrected chi connectivity index (χ3v) is 1.81. The Morgan fingerprint density at radius 1 is 1.31 bits per heavy atom. The molecule has 3 nitrogen and oxygen atoms in total. The summed E-state index contributed by atoms with van der Waals surface area (Å²) >= 11 is 0. The van der Waals surface area contributed by atoms with Crippen molar-refractivity contribution < 1.29 is 9.90 Å². The Bertz CT molecular complexity index is 269. The summed E-state index contributed by atoms with van der Waals surface area (Å²) in [6.07, 6.45) is 2.22. The number of hydrogen-bond acceptors (Lipinski definition) is 3. The maximum atomic E-state index is 10.1. The Hall–Kier alpha value is -1.19. The van der Waals surface area contributed by atoms with Gasteiger partial charge < -0.3 is 10.8 Å². The third-order valence-electron chi connectivity index (χ3n) is 1.81. The lowest BCUT2D eigenvalue weighted by molar-refractivity contribution is 0.282. The van der Waals surface area contributed by atoms with E-state index in [0.29, 0.717) is 6.42 Å². The molecule has 1 radical (unpaired) electrons. The number of benzene rings is 1. The first kappa shape index (κ1) is 9.89. The van der Waals surface area contributed by atoms with Gasteiger partial charge in [-0.1, -0.05) is 24.3 Å². The van der Waals surface area contributed by atoms with Crippen LogP contribution in [0.3, 0.4) is 0 Å². The molecule has 3 N–H and O–H groups in total. The Labute approximate surface area is 77.2 Å². The molecule has 0 aliphatic rings. The molecule has 1 atom stereocenters. The van der Waals surface area contributed by atoms with E-state index in [-0.39, 0.29) is 6.61 Å². The Kier molecular flexibility index (Phi) is 3.61. The molecule has 0 saturated carbocycles. The van der Waals surface area contributed by atoms with Crippen LogP contribution in [0.4, 0.5) is 0 Å². The maximum Gasteiger partial charge on any atom is 0.217 e. The SMILES string of the molecule is NC([C]=O)Cc1ccc(CO)cc1. The van der Waals surface area contributed by atoms with Gasteiger partial charge in [0.2, 0.25) is 6.29 Å². The molecule has 0 saturated heterocycles. The van der Waals surface area contributed by atoms with Gasteiger partial charge in [-0.05, 0) is 17.5 Å². The topological polar surface area (TPSA) is 63.3 Å². The monoisotopic (exact) mass is 178 g/mol. The lowest BCUT2D eigenvalue weighted by Gasteiger charge is -2.03. The molecule has 1 aromatic rings. The second-order valence-electron chi connectivity index (χ2n) is 2.90. The normalized spacial score (nSPS) is 12.5. The molecule has 13 heavy (non-hydrogen) atoms. The fourth-order valence-electron chi connectivity index (χ4n) is 1.08. The average Bonchev–Trinajstić information content (AvgIpc) is 2.19. The summed E-state index contributed by atoms with van der Waals surface area (Å²) in [7, 11) is 0. The number of aliphatic hydroxyl groups excluding tert-OH is 1. The summed E-state index contributed by atoms with van der Waals surface area (Å²) in [5, 5.41) is 8.77. The van der Waals surface area contributed by atoms with E-state index in [4.69, 9.17) is 10.8 Å². The first-order valence-electron chi connectivity index (χ1n) is 4.08. The highest BCUT2D eigenvalue weighted by Gasteiger charge is 2.02. The van der Waals surface area contributed by atoms with Gasteiger partial charge in [0.25, 0.3) is 0 Å². The van der Waals surface area contributed by atoms with Gasteiger partial charge in [-0.2, -0.15) is 0 Å². The van der Waals surface area contributed by atoms with E-state index in [9.17, 15) is 4.79 Å². The summed E-state index contributed by atoms with van der Waals surface area (Å²) in [6, 6.07) is 6.77. The second-order valence-corrected chi connectivity index (χ2v) is 2.90. The summed E-state index contributed by atoms with van der Waals surface area (Å²) < 4.78 is 0. The summed E-state index contributed by atoms with van der Waals surface area (Å²) in [4.78, 5) is 10.1. The van der Waals surface area contributed by atoms with Crippen molar-refractivity contribution in [2.45, 2.75) is 19.1 Å². The minimum Gasteiger partial charge on any atom is -0.392 e. The van der Waals surface area contributed by atoms with Crippen molar-refractivity contribution in [3.05, 3.63) is 35.4 Å². The second kappa shape index (κ2) is 4.74. The van der Waals surface area contributed by atoms with Gasteiger partial charge in [0.15, 0.2) is 0 Å². The van der Waals surface area contributed by atoms with E-state index in [1.807, 2.05) is 24.3 Å². The van der Waals surface area contributed by atoms with Crippen LogP contribution in [0.15, 0.2) is 24.3 Å². The van der Waals surface area contributed by atoms with Gasteiger partial charge in [0.1, 0.15) is 0 Å². The van der Waals surface area contributed by atoms with Crippen molar-refractivity contribution in [1.82, 2.24) is 0 Å². The highest BCUT2D eigenvalue weighted by molar-refractivity contribution is 5.58. The maximum absolute atomic E-state index is 10.1. The van der Waals surface area contributed by atoms with Crippen molar-refractivity contribution in [3.63, 3.8) is 0 Å². The fraction of sp³-hybridized carbons (Fsp3) is 0.300. The number of aliphatic hydroxyl groups is 1. The molecule has 0 aromatic heterocycles.